The number of fused-ring (bicyclic) bond motifs is 3. The molecule has 5 heteroatoms. The van der Waals surface area contributed by atoms with Crippen molar-refractivity contribution in [1.29, 1.82) is 0 Å². The van der Waals surface area contributed by atoms with Crippen LogP contribution < -0.4 is 0 Å². The normalized spacial score (nSPS) is 17.9. The molecule has 2 amide bonds. The molecule has 5 nitrogen and oxygen atoms in total. The molecule has 0 N–H and O–H groups in total. The van der Waals surface area contributed by atoms with Gasteiger partial charge in [-0.2, -0.15) is 0 Å². The standard InChI is InChI=1S/C28H24N2O3/c1-28(17-23(31)20-13-7-4-8-14-20)25-24(26(32)29(2)27(28)33)21-15-9-10-16-22(21)30(25)18-19-11-5-3-6-12-19/h3-16H,17-18H2,1-2H3. The minimum Gasteiger partial charge on any atom is -0.338 e. The summed E-state index contributed by atoms with van der Waals surface area (Å²) in [6.07, 6.45) is -0.0222. The Balaban J connectivity index is 1.75. The summed E-state index contributed by atoms with van der Waals surface area (Å²) in [6.45, 7) is 2.29. The summed E-state index contributed by atoms with van der Waals surface area (Å²) in [4.78, 5) is 41.4. The monoisotopic (exact) mass is 436 g/mol. The first-order valence-corrected chi connectivity index (χ1v) is 11.0. The van der Waals surface area contributed by atoms with E-state index in [-0.39, 0.29) is 24.0 Å². The molecule has 0 radical (unpaired) electrons. The minimum atomic E-state index is -1.18. The first kappa shape index (κ1) is 20.9. The number of carbonyl (C=O) groups is 3. The SMILES string of the molecule is CN1C(=O)c2c(n(Cc3ccccc3)c3ccccc23)C(C)(CC(=O)c2ccccc2)C1=O. The van der Waals surface area contributed by atoms with Crippen molar-refractivity contribution >= 4 is 28.5 Å². The maximum Gasteiger partial charge on any atom is 0.262 e. The van der Waals surface area contributed by atoms with Crippen molar-refractivity contribution in [2.45, 2.75) is 25.3 Å². The minimum absolute atomic E-state index is 0.0222. The fraction of sp³-hybridized carbons (Fsp3) is 0.179. The summed E-state index contributed by atoms with van der Waals surface area (Å²) < 4.78 is 2.04. The molecule has 1 aliphatic heterocycles. The first-order valence-electron chi connectivity index (χ1n) is 11.0. The number of likely N-dealkylation sites (N-methyl/N-ethyl adjacent to an activating group) is 1. The molecule has 4 aromatic rings. The average molecular weight is 437 g/mol. The Hall–Kier alpha value is -3.99. The maximum atomic E-state index is 13.6. The molecule has 1 atom stereocenters. The van der Waals surface area contributed by atoms with E-state index in [4.69, 9.17) is 0 Å². The molecule has 0 saturated heterocycles. The van der Waals surface area contributed by atoms with Crippen molar-refractivity contribution in [3.8, 4) is 0 Å². The molecule has 0 spiro atoms. The number of amides is 2. The highest BCUT2D eigenvalue weighted by atomic mass is 16.2. The van der Waals surface area contributed by atoms with Gasteiger partial charge < -0.3 is 4.57 Å². The lowest BCUT2D eigenvalue weighted by atomic mass is 9.74. The summed E-state index contributed by atoms with van der Waals surface area (Å²) in [5.41, 5.74) is 2.42. The highest BCUT2D eigenvalue weighted by Crippen LogP contribution is 2.43. The Morgan fingerprint density at radius 2 is 1.45 bits per heavy atom. The number of aromatic nitrogens is 1. The van der Waals surface area contributed by atoms with E-state index in [0.29, 0.717) is 23.4 Å². The molecule has 0 bridgehead atoms. The fourth-order valence-corrected chi connectivity index (χ4v) is 4.96. The third-order valence-corrected chi connectivity index (χ3v) is 6.58. The van der Waals surface area contributed by atoms with E-state index in [0.717, 1.165) is 16.5 Å². The van der Waals surface area contributed by atoms with Crippen LogP contribution in [0, 0.1) is 0 Å². The van der Waals surface area contributed by atoms with Gasteiger partial charge in [0.2, 0.25) is 5.91 Å². The third kappa shape index (κ3) is 3.28. The molecule has 1 unspecified atom stereocenters. The Bertz CT molecular complexity index is 1390. The third-order valence-electron chi connectivity index (χ3n) is 6.58. The van der Waals surface area contributed by atoms with Gasteiger partial charge in [0.15, 0.2) is 5.78 Å². The molecule has 3 aromatic carbocycles. The second-order valence-electron chi connectivity index (χ2n) is 8.78. The number of rotatable bonds is 5. The quantitative estimate of drug-likeness (QED) is 0.333. The van der Waals surface area contributed by atoms with Crippen molar-refractivity contribution in [3.05, 3.63) is 107 Å². The molecular formula is C28H24N2O3. The van der Waals surface area contributed by atoms with Gasteiger partial charge in [-0.25, -0.2) is 0 Å². The van der Waals surface area contributed by atoms with E-state index in [1.165, 1.54) is 11.9 Å². The number of para-hydroxylation sites is 1. The fourth-order valence-electron chi connectivity index (χ4n) is 4.96. The van der Waals surface area contributed by atoms with Crippen LogP contribution in [0.25, 0.3) is 10.9 Å². The average Bonchev–Trinajstić information content (AvgIpc) is 3.18. The number of nitrogens with zero attached hydrogens (tertiary/aromatic N) is 2. The van der Waals surface area contributed by atoms with E-state index in [1.54, 1.807) is 19.1 Å². The van der Waals surface area contributed by atoms with Gasteiger partial charge in [0, 0.05) is 42.2 Å². The molecule has 0 fully saturated rings. The number of Topliss-reactive ketones (excluding diaryl/α,β-unsaturated/α-hetero) is 1. The lowest BCUT2D eigenvalue weighted by molar-refractivity contribution is -0.134. The molecule has 0 aliphatic carbocycles. The molecule has 5 rings (SSSR count). The van der Waals surface area contributed by atoms with E-state index >= 15 is 0 Å². The molecule has 0 saturated carbocycles. The zero-order chi connectivity index (χ0) is 23.2. The lowest BCUT2D eigenvalue weighted by Gasteiger charge is -2.37. The smallest absolute Gasteiger partial charge is 0.262 e. The molecule has 33 heavy (non-hydrogen) atoms. The van der Waals surface area contributed by atoms with Crippen LogP contribution in [-0.4, -0.2) is 34.1 Å². The highest BCUT2D eigenvalue weighted by molar-refractivity contribution is 6.20. The number of imide groups is 1. The summed E-state index contributed by atoms with van der Waals surface area (Å²) in [7, 11) is 1.50. The van der Waals surface area contributed by atoms with Crippen molar-refractivity contribution in [1.82, 2.24) is 9.47 Å². The van der Waals surface area contributed by atoms with E-state index in [9.17, 15) is 14.4 Å². The van der Waals surface area contributed by atoms with E-state index < -0.39 is 5.41 Å². The van der Waals surface area contributed by atoms with Crippen LogP contribution >= 0.6 is 0 Å². The summed E-state index contributed by atoms with van der Waals surface area (Å²) in [5.74, 6) is -0.819. The topological polar surface area (TPSA) is 59.4 Å². The van der Waals surface area contributed by atoms with Crippen LogP contribution in [-0.2, 0) is 16.8 Å². The van der Waals surface area contributed by atoms with Crippen LogP contribution in [0.5, 0.6) is 0 Å². The van der Waals surface area contributed by atoms with Gasteiger partial charge in [0.25, 0.3) is 5.91 Å². The van der Waals surface area contributed by atoms with Crippen LogP contribution in [0.3, 0.4) is 0 Å². The number of benzene rings is 3. The molecular weight excluding hydrogens is 412 g/mol. The van der Waals surface area contributed by atoms with Crippen LogP contribution in [0.15, 0.2) is 84.9 Å². The molecule has 2 heterocycles. The van der Waals surface area contributed by atoms with Gasteiger partial charge in [-0.15, -0.1) is 0 Å². The Labute approximate surface area is 192 Å². The van der Waals surface area contributed by atoms with Crippen LogP contribution in [0.1, 0.15) is 45.3 Å². The van der Waals surface area contributed by atoms with E-state index in [1.807, 2.05) is 77.4 Å². The maximum absolute atomic E-state index is 13.6. The van der Waals surface area contributed by atoms with E-state index in [2.05, 4.69) is 0 Å². The number of carbonyl (C=O) groups excluding carboxylic acids is 3. The number of ketones is 1. The van der Waals surface area contributed by atoms with Crippen molar-refractivity contribution in [3.63, 3.8) is 0 Å². The van der Waals surface area contributed by atoms with Gasteiger partial charge in [-0.3, -0.25) is 19.3 Å². The van der Waals surface area contributed by atoms with Gasteiger partial charge in [0.05, 0.1) is 11.0 Å². The largest absolute Gasteiger partial charge is 0.338 e. The first-order chi connectivity index (χ1) is 15.9. The van der Waals surface area contributed by atoms with Crippen molar-refractivity contribution < 1.29 is 14.4 Å². The van der Waals surface area contributed by atoms with Crippen LogP contribution in [0.2, 0.25) is 0 Å². The molecule has 1 aliphatic rings. The summed E-state index contributed by atoms with van der Waals surface area (Å²) in [5, 5.41) is 0.797. The Morgan fingerprint density at radius 3 is 2.15 bits per heavy atom. The zero-order valence-corrected chi connectivity index (χ0v) is 18.6. The Kier molecular flexibility index (Phi) is 4.97. The second-order valence-corrected chi connectivity index (χ2v) is 8.78. The van der Waals surface area contributed by atoms with Gasteiger partial charge in [-0.1, -0.05) is 78.9 Å². The van der Waals surface area contributed by atoms with Crippen LogP contribution in [0.4, 0.5) is 0 Å². The molecule has 164 valence electrons. The predicted molar refractivity (Wildman–Crippen MR) is 127 cm³/mol. The second kappa shape index (κ2) is 7.85. The lowest BCUT2D eigenvalue weighted by Crippen LogP contribution is -2.52. The van der Waals surface area contributed by atoms with Crippen molar-refractivity contribution in [2.24, 2.45) is 0 Å². The number of hydrogen-bond acceptors (Lipinski definition) is 3. The summed E-state index contributed by atoms with van der Waals surface area (Å²) >= 11 is 0. The van der Waals surface area contributed by atoms with Gasteiger partial charge >= 0.3 is 0 Å². The Morgan fingerprint density at radius 1 is 0.848 bits per heavy atom. The summed E-state index contributed by atoms with van der Waals surface area (Å²) in [6, 6.07) is 26.6. The zero-order valence-electron chi connectivity index (χ0n) is 18.6. The van der Waals surface area contributed by atoms with Gasteiger partial charge in [0.1, 0.15) is 0 Å². The molecule has 1 aromatic heterocycles. The van der Waals surface area contributed by atoms with Crippen molar-refractivity contribution in [2.75, 3.05) is 7.05 Å². The number of hydrogen-bond donors (Lipinski definition) is 0. The predicted octanol–water partition coefficient (Wildman–Crippen LogP) is 4.83. The highest BCUT2D eigenvalue weighted by Gasteiger charge is 2.50. The van der Waals surface area contributed by atoms with Gasteiger partial charge in [-0.05, 0) is 18.6 Å².